The first-order chi connectivity index (χ1) is 13.2. The quantitative estimate of drug-likeness (QED) is 0.735. The van der Waals surface area contributed by atoms with Crippen molar-refractivity contribution >= 4 is 28.4 Å². The standard InChI is InChI=1S/C22H21N3O2/c1-2-7-19(26)25-13-12-15-14-8-3-5-10-17(14)23-20(15)22(25)16-9-4-6-11-18(16)24-21(22)27/h3-6,8-11,23H,2,7,12-13H2,1H3,(H,24,27). The van der Waals surface area contributed by atoms with E-state index in [1.54, 1.807) is 4.90 Å². The number of nitrogens with one attached hydrogen (secondary N) is 2. The molecule has 2 N–H and O–H groups in total. The fourth-order valence-corrected chi connectivity index (χ4v) is 4.71. The van der Waals surface area contributed by atoms with Crippen molar-refractivity contribution in [1.29, 1.82) is 0 Å². The van der Waals surface area contributed by atoms with Crippen molar-refractivity contribution in [2.45, 2.75) is 31.7 Å². The van der Waals surface area contributed by atoms with Gasteiger partial charge >= 0.3 is 0 Å². The lowest BCUT2D eigenvalue weighted by atomic mass is 9.79. The van der Waals surface area contributed by atoms with Crippen LogP contribution in [0.5, 0.6) is 0 Å². The molecule has 2 aliphatic rings. The van der Waals surface area contributed by atoms with Gasteiger partial charge in [0.05, 0.1) is 5.69 Å². The van der Waals surface area contributed by atoms with Crippen LogP contribution in [-0.4, -0.2) is 28.2 Å². The van der Waals surface area contributed by atoms with E-state index in [1.165, 1.54) is 0 Å². The molecule has 1 atom stereocenters. The molecule has 0 saturated carbocycles. The highest BCUT2D eigenvalue weighted by Gasteiger charge is 2.57. The fourth-order valence-electron chi connectivity index (χ4n) is 4.71. The predicted molar refractivity (Wildman–Crippen MR) is 104 cm³/mol. The van der Waals surface area contributed by atoms with Crippen LogP contribution in [0.3, 0.4) is 0 Å². The number of H-pyrrole nitrogens is 1. The van der Waals surface area contributed by atoms with Crippen LogP contribution >= 0.6 is 0 Å². The minimum absolute atomic E-state index is 0.0219. The maximum atomic E-state index is 13.4. The molecule has 0 bridgehead atoms. The molecule has 1 unspecified atom stereocenters. The number of fused-ring (bicyclic) bond motifs is 6. The van der Waals surface area contributed by atoms with Gasteiger partial charge in [-0.3, -0.25) is 9.59 Å². The number of amides is 2. The van der Waals surface area contributed by atoms with Crippen molar-refractivity contribution in [2.24, 2.45) is 0 Å². The molecule has 136 valence electrons. The van der Waals surface area contributed by atoms with Gasteiger partial charge in [-0.1, -0.05) is 43.3 Å². The lowest BCUT2D eigenvalue weighted by Gasteiger charge is -2.43. The Bertz CT molecular complexity index is 1080. The Morgan fingerprint density at radius 1 is 1.15 bits per heavy atom. The largest absolute Gasteiger partial charge is 0.355 e. The molecule has 2 aromatic carbocycles. The normalized spacial score (nSPS) is 20.6. The molecule has 0 fully saturated rings. The highest BCUT2D eigenvalue weighted by Crippen LogP contribution is 2.49. The molecule has 3 heterocycles. The van der Waals surface area contributed by atoms with Gasteiger partial charge in [0.25, 0.3) is 5.91 Å². The first kappa shape index (κ1) is 16.1. The van der Waals surface area contributed by atoms with Crippen molar-refractivity contribution in [3.8, 4) is 0 Å². The number of hydrogen-bond acceptors (Lipinski definition) is 2. The summed E-state index contributed by atoms with van der Waals surface area (Å²) in [6, 6.07) is 15.8. The number of hydrogen-bond donors (Lipinski definition) is 2. The van der Waals surface area contributed by atoms with E-state index in [9.17, 15) is 9.59 Å². The van der Waals surface area contributed by atoms with E-state index < -0.39 is 5.54 Å². The van der Waals surface area contributed by atoms with Crippen LogP contribution < -0.4 is 5.32 Å². The van der Waals surface area contributed by atoms with Gasteiger partial charge in [0.1, 0.15) is 0 Å². The summed E-state index contributed by atoms with van der Waals surface area (Å²) in [6.45, 7) is 2.53. The molecule has 1 spiro atoms. The molecule has 27 heavy (non-hydrogen) atoms. The van der Waals surface area contributed by atoms with E-state index in [2.05, 4.69) is 16.4 Å². The molecule has 0 saturated heterocycles. The molecule has 3 aromatic rings. The summed E-state index contributed by atoms with van der Waals surface area (Å²) in [5, 5.41) is 4.15. The number of benzene rings is 2. The summed E-state index contributed by atoms with van der Waals surface area (Å²) in [4.78, 5) is 31.8. The van der Waals surface area contributed by atoms with Gasteiger partial charge in [0.2, 0.25) is 5.91 Å². The maximum Gasteiger partial charge on any atom is 0.261 e. The average molecular weight is 359 g/mol. The highest BCUT2D eigenvalue weighted by atomic mass is 16.2. The number of para-hydroxylation sites is 2. The summed E-state index contributed by atoms with van der Waals surface area (Å²) in [6.07, 6.45) is 1.94. The van der Waals surface area contributed by atoms with Crippen molar-refractivity contribution in [1.82, 2.24) is 9.88 Å². The third kappa shape index (κ3) is 1.99. The zero-order valence-electron chi connectivity index (χ0n) is 15.2. The molecule has 1 aromatic heterocycles. The van der Waals surface area contributed by atoms with Gasteiger partial charge in [-0.05, 0) is 30.5 Å². The van der Waals surface area contributed by atoms with Gasteiger partial charge in [0, 0.05) is 35.1 Å². The number of aromatic amines is 1. The van der Waals surface area contributed by atoms with E-state index >= 15 is 0 Å². The molecule has 0 radical (unpaired) electrons. The molecule has 2 amide bonds. The summed E-state index contributed by atoms with van der Waals surface area (Å²) in [5.74, 6) is -0.130. The Balaban J connectivity index is 1.84. The lowest BCUT2D eigenvalue weighted by Crippen LogP contribution is -2.57. The Hall–Kier alpha value is -3.08. The van der Waals surface area contributed by atoms with Crippen LogP contribution in [0.4, 0.5) is 5.69 Å². The monoisotopic (exact) mass is 359 g/mol. The van der Waals surface area contributed by atoms with Crippen LogP contribution in [-0.2, 0) is 21.5 Å². The zero-order valence-corrected chi connectivity index (χ0v) is 15.2. The van der Waals surface area contributed by atoms with E-state index in [1.807, 2.05) is 49.4 Å². The topological polar surface area (TPSA) is 65.2 Å². The lowest BCUT2D eigenvalue weighted by molar-refractivity contribution is -0.144. The molecular formula is C22H21N3O2. The summed E-state index contributed by atoms with van der Waals surface area (Å²) >= 11 is 0. The van der Waals surface area contributed by atoms with Gasteiger partial charge in [-0.2, -0.15) is 0 Å². The number of aromatic nitrogens is 1. The Morgan fingerprint density at radius 3 is 2.78 bits per heavy atom. The van der Waals surface area contributed by atoms with Crippen LogP contribution in [0, 0.1) is 0 Å². The molecule has 2 aliphatic heterocycles. The van der Waals surface area contributed by atoms with Crippen molar-refractivity contribution < 1.29 is 9.59 Å². The third-order valence-corrected chi connectivity index (χ3v) is 5.82. The summed E-state index contributed by atoms with van der Waals surface area (Å²) < 4.78 is 0. The second-order valence-corrected chi connectivity index (χ2v) is 7.28. The number of nitrogens with zero attached hydrogens (tertiary/aromatic N) is 1. The molecule has 5 rings (SSSR count). The van der Waals surface area contributed by atoms with Gasteiger partial charge < -0.3 is 15.2 Å². The van der Waals surface area contributed by atoms with E-state index in [-0.39, 0.29) is 11.8 Å². The molecule has 5 heteroatoms. The Labute approximate surface area is 157 Å². The van der Waals surface area contributed by atoms with Crippen molar-refractivity contribution in [3.63, 3.8) is 0 Å². The van der Waals surface area contributed by atoms with Crippen LogP contribution in [0.15, 0.2) is 48.5 Å². The second kappa shape index (κ2) is 5.71. The first-order valence-electron chi connectivity index (χ1n) is 9.49. The third-order valence-electron chi connectivity index (χ3n) is 5.82. The minimum atomic E-state index is -1.12. The molecule has 0 aliphatic carbocycles. The second-order valence-electron chi connectivity index (χ2n) is 7.28. The van der Waals surface area contributed by atoms with Crippen LogP contribution in [0.2, 0.25) is 0 Å². The zero-order chi connectivity index (χ0) is 18.6. The number of carbonyl (C=O) groups excluding carboxylic acids is 2. The van der Waals surface area contributed by atoms with Gasteiger partial charge in [-0.15, -0.1) is 0 Å². The number of carbonyl (C=O) groups is 2. The van der Waals surface area contributed by atoms with E-state index in [4.69, 9.17) is 0 Å². The Kier molecular flexibility index (Phi) is 3.41. The highest BCUT2D eigenvalue weighted by molar-refractivity contribution is 6.11. The minimum Gasteiger partial charge on any atom is -0.355 e. The number of anilines is 1. The summed E-state index contributed by atoms with van der Waals surface area (Å²) in [5.41, 5.74) is 3.49. The Morgan fingerprint density at radius 2 is 1.93 bits per heavy atom. The molecule has 5 nitrogen and oxygen atoms in total. The van der Waals surface area contributed by atoms with E-state index in [0.29, 0.717) is 13.0 Å². The average Bonchev–Trinajstić information content (AvgIpc) is 3.19. The number of rotatable bonds is 2. The summed E-state index contributed by atoms with van der Waals surface area (Å²) in [7, 11) is 0. The predicted octanol–water partition coefficient (Wildman–Crippen LogP) is 3.55. The SMILES string of the molecule is CCCC(=O)N1CCc2c([nH]c3ccccc23)C12C(=O)Nc1ccccc12. The maximum absolute atomic E-state index is 13.4. The fraction of sp³-hybridized carbons (Fsp3) is 0.273. The first-order valence-corrected chi connectivity index (χ1v) is 9.49. The van der Waals surface area contributed by atoms with Crippen LogP contribution in [0.1, 0.15) is 36.6 Å². The molecular weight excluding hydrogens is 338 g/mol. The van der Waals surface area contributed by atoms with E-state index in [0.717, 1.165) is 46.3 Å². The van der Waals surface area contributed by atoms with Gasteiger partial charge in [-0.25, -0.2) is 0 Å². The van der Waals surface area contributed by atoms with Crippen molar-refractivity contribution in [2.75, 3.05) is 11.9 Å². The van der Waals surface area contributed by atoms with Crippen molar-refractivity contribution in [3.05, 3.63) is 65.4 Å². The van der Waals surface area contributed by atoms with Gasteiger partial charge in [0.15, 0.2) is 5.54 Å². The van der Waals surface area contributed by atoms with Crippen LogP contribution in [0.25, 0.3) is 10.9 Å². The smallest absolute Gasteiger partial charge is 0.261 e.